The molecule has 2 aromatic carbocycles. The van der Waals surface area contributed by atoms with E-state index in [2.05, 4.69) is 10.1 Å². The maximum atomic E-state index is 13.3. The third kappa shape index (κ3) is 3.74. The maximum absolute atomic E-state index is 13.3. The molecule has 1 aromatic heterocycles. The minimum Gasteiger partial charge on any atom is -0.336 e. The Morgan fingerprint density at radius 1 is 0.889 bits per heavy atom. The quantitative estimate of drug-likeness (QED) is 0.703. The monoisotopic (exact) mass is 364 g/mol. The van der Waals surface area contributed by atoms with Crippen molar-refractivity contribution in [2.24, 2.45) is 0 Å². The van der Waals surface area contributed by atoms with Gasteiger partial charge in [0.1, 0.15) is 5.82 Å². The molecule has 138 valence electrons. The Morgan fingerprint density at radius 3 is 2.22 bits per heavy atom. The summed E-state index contributed by atoms with van der Waals surface area (Å²) < 4.78 is 14.9. The lowest BCUT2D eigenvalue weighted by molar-refractivity contribution is 0.0749. The van der Waals surface area contributed by atoms with E-state index in [-0.39, 0.29) is 17.5 Å². The first-order chi connectivity index (χ1) is 13.2. The van der Waals surface area contributed by atoms with E-state index in [1.165, 1.54) is 12.1 Å². The van der Waals surface area contributed by atoms with Crippen molar-refractivity contribution in [1.29, 1.82) is 0 Å². The first kappa shape index (κ1) is 17.4. The number of hydrogen-bond acceptors (Lipinski definition) is 3. The van der Waals surface area contributed by atoms with E-state index in [0.29, 0.717) is 11.5 Å². The second kappa shape index (κ2) is 7.70. The standard InChI is InChI=1S/C21H21FN4O/c22-17-10-12-18(13-11-17)26-20(16-8-4-3-5-9-16)23-19(24-26)21(27)25-14-6-1-2-7-15-25/h3-5,8-13H,1-2,6-7,14-15H2. The Labute approximate surface area is 157 Å². The Morgan fingerprint density at radius 2 is 1.56 bits per heavy atom. The third-order valence-corrected chi connectivity index (χ3v) is 4.79. The molecule has 1 saturated heterocycles. The molecule has 6 heteroatoms. The van der Waals surface area contributed by atoms with Crippen molar-refractivity contribution in [3.63, 3.8) is 0 Å². The van der Waals surface area contributed by atoms with Gasteiger partial charge in [-0.25, -0.2) is 14.1 Å². The van der Waals surface area contributed by atoms with Crippen LogP contribution in [-0.4, -0.2) is 38.7 Å². The van der Waals surface area contributed by atoms with Crippen LogP contribution in [0.2, 0.25) is 0 Å². The average molecular weight is 364 g/mol. The van der Waals surface area contributed by atoms with Crippen LogP contribution in [-0.2, 0) is 0 Å². The van der Waals surface area contributed by atoms with Crippen molar-refractivity contribution < 1.29 is 9.18 Å². The van der Waals surface area contributed by atoms with Crippen molar-refractivity contribution in [2.45, 2.75) is 25.7 Å². The van der Waals surface area contributed by atoms with Gasteiger partial charge in [0.2, 0.25) is 5.82 Å². The highest BCUT2D eigenvalue weighted by Gasteiger charge is 2.24. The van der Waals surface area contributed by atoms with Gasteiger partial charge in [0.05, 0.1) is 5.69 Å². The van der Waals surface area contributed by atoms with Crippen LogP contribution in [0.15, 0.2) is 54.6 Å². The van der Waals surface area contributed by atoms with Gasteiger partial charge in [-0.1, -0.05) is 43.2 Å². The molecule has 1 fully saturated rings. The highest BCUT2D eigenvalue weighted by atomic mass is 19.1. The highest BCUT2D eigenvalue weighted by Crippen LogP contribution is 2.22. The molecule has 0 radical (unpaired) electrons. The summed E-state index contributed by atoms with van der Waals surface area (Å²) in [5, 5.41) is 4.48. The van der Waals surface area contributed by atoms with Crippen molar-refractivity contribution in [2.75, 3.05) is 13.1 Å². The molecule has 5 nitrogen and oxygen atoms in total. The molecule has 27 heavy (non-hydrogen) atoms. The number of benzene rings is 2. The lowest BCUT2D eigenvalue weighted by atomic mass is 10.2. The van der Waals surface area contributed by atoms with Crippen LogP contribution in [0.5, 0.6) is 0 Å². The zero-order valence-corrected chi connectivity index (χ0v) is 15.0. The first-order valence-corrected chi connectivity index (χ1v) is 9.30. The third-order valence-electron chi connectivity index (χ3n) is 4.79. The van der Waals surface area contributed by atoms with Gasteiger partial charge in [-0.2, -0.15) is 0 Å². The lowest BCUT2D eigenvalue weighted by Gasteiger charge is -2.18. The number of rotatable bonds is 3. The maximum Gasteiger partial charge on any atom is 0.293 e. The molecule has 3 aromatic rings. The molecule has 0 bridgehead atoms. The molecule has 4 rings (SSSR count). The Hall–Kier alpha value is -3.02. The Balaban J connectivity index is 1.75. The van der Waals surface area contributed by atoms with Gasteiger partial charge >= 0.3 is 0 Å². The number of carbonyl (C=O) groups is 1. The molecule has 1 amide bonds. The summed E-state index contributed by atoms with van der Waals surface area (Å²) in [5.74, 6) is 0.288. The minimum absolute atomic E-state index is 0.144. The summed E-state index contributed by atoms with van der Waals surface area (Å²) >= 11 is 0. The van der Waals surface area contributed by atoms with E-state index in [9.17, 15) is 9.18 Å². The lowest BCUT2D eigenvalue weighted by Crippen LogP contribution is -2.32. The summed E-state index contributed by atoms with van der Waals surface area (Å²) in [6.45, 7) is 1.48. The fourth-order valence-electron chi connectivity index (χ4n) is 3.35. The first-order valence-electron chi connectivity index (χ1n) is 9.30. The summed E-state index contributed by atoms with van der Waals surface area (Å²) in [4.78, 5) is 19.4. The van der Waals surface area contributed by atoms with Gasteiger partial charge in [0, 0.05) is 18.7 Å². The van der Waals surface area contributed by atoms with Gasteiger partial charge in [0.25, 0.3) is 5.91 Å². The predicted octanol–water partition coefficient (Wildman–Crippen LogP) is 4.09. The molecule has 0 atom stereocenters. The highest BCUT2D eigenvalue weighted by molar-refractivity contribution is 5.91. The van der Waals surface area contributed by atoms with E-state index in [0.717, 1.165) is 44.3 Å². The van der Waals surface area contributed by atoms with E-state index < -0.39 is 0 Å². The van der Waals surface area contributed by atoms with Crippen LogP contribution in [0.3, 0.4) is 0 Å². The van der Waals surface area contributed by atoms with E-state index in [1.54, 1.807) is 16.8 Å². The summed E-state index contributed by atoms with van der Waals surface area (Å²) in [7, 11) is 0. The van der Waals surface area contributed by atoms with Crippen molar-refractivity contribution >= 4 is 5.91 Å². The molecule has 0 N–H and O–H groups in total. The van der Waals surface area contributed by atoms with Gasteiger partial charge in [0.15, 0.2) is 5.82 Å². The van der Waals surface area contributed by atoms with Gasteiger partial charge in [-0.15, -0.1) is 5.10 Å². The summed E-state index contributed by atoms with van der Waals surface area (Å²) in [6.07, 6.45) is 4.32. The van der Waals surface area contributed by atoms with Crippen LogP contribution in [0.4, 0.5) is 4.39 Å². The number of nitrogens with zero attached hydrogens (tertiary/aromatic N) is 4. The average Bonchev–Trinajstić information content (AvgIpc) is 2.97. The number of amides is 1. The SMILES string of the molecule is O=C(c1nc(-c2ccccc2)n(-c2ccc(F)cc2)n1)N1CCCCCC1. The van der Waals surface area contributed by atoms with E-state index in [1.807, 2.05) is 35.2 Å². The number of halogens is 1. The molecule has 0 aliphatic carbocycles. The van der Waals surface area contributed by atoms with Crippen LogP contribution in [0, 0.1) is 5.82 Å². The van der Waals surface area contributed by atoms with Gasteiger partial charge in [-0.3, -0.25) is 4.79 Å². The molecule has 0 spiro atoms. The number of carbonyl (C=O) groups excluding carboxylic acids is 1. The van der Waals surface area contributed by atoms with E-state index in [4.69, 9.17) is 0 Å². The molecule has 1 aliphatic heterocycles. The molecular formula is C21H21FN4O. The fourth-order valence-corrected chi connectivity index (χ4v) is 3.35. The van der Waals surface area contributed by atoms with Crippen LogP contribution < -0.4 is 0 Å². The molecule has 1 aliphatic rings. The fraction of sp³-hybridized carbons (Fsp3) is 0.286. The predicted molar refractivity (Wildman–Crippen MR) is 101 cm³/mol. The second-order valence-electron chi connectivity index (χ2n) is 6.72. The van der Waals surface area contributed by atoms with Crippen LogP contribution >= 0.6 is 0 Å². The molecule has 0 saturated carbocycles. The van der Waals surface area contributed by atoms with Crippen LogP contribution in [0.25, 0.3) is 17.1 Å². The number of aromatic nitrogens is 3. The zero-order chi connectivity index (χ0) is 18.6. The second-order valence-corrected chi connectivity index (χ2v) is 6.72. The van der Waals surface area contributed by atoms with E-state index >= 15 is 0 Å². The van der Waals surface area contributed by atoms with Crippen molar-refractivity contribution in [1.82, 2.24) is 19.7 Å². The molecule has 0 unspecified atom stereocenters. The molecular weight excluding hydrogens is 343 g/mol. The van der Waals surface area contributed by atoms with Crippen molar-refractivity contribution in [3.8, 4) is 17.1 Å². The smallest absolute Gasteiger partial charge is 0.293 e. The minimum atomic E-state index is -0.319. The number of hydrogen-bond donors (Lipinski definition) is 0. The Bertz CT molecular complexity index is 913. The van der Waals surface area contributed by atoms with Crippen LogP contribution in [0.1, 0.15) is 36.3 Å². The van der Waals surface area contributed by atoms with Gasteiger partial charge in [-0.05, 0) is 37.1 Å². The topological polar surface area (TPSA) is 51.0 Å². The summed E-state index contributed by atoms with van der Waals surface area (Å²) in [6, 6.07) is 15.6. The zero-order valence-electron chi connectivity index (χ0n) is 15.0. The molecule has 2 heterocycles. The Kier molecular flexibility index (Phi) is 4.96. The normalized spacial score (nSPS) is 14.8. The number of likely N-dealkylation sites (tertiary alicyclic amines) is 1. The van der Waals surface area contributed by atoms with Gasteiger partial charge < -0.3 is 4.90 Å². The summed E-state index contributed by atoms with van der Waals surface area (Å²) in [5.41, 5.74) is 1.52. The largest absolute Gasteiger partial charge is 0.336 e. The van der Waals surface area contributed by atoms with Crippen molar-refractivity contribution in [3.05, 3.63) is 66.2 Å².